The zero-order valence-electron chi connectivity index (χ0n) is 22.0. The first-order valence-electron chi connectivity index (χ1n) is 12.9. The number of nitrogens with zero attached hydrogens (tertiary/aromatic N) is 6. The first-order valence-corrected chi connectivity index (χ1v) is 14.3. The largest absolute Gasteiger partial charge is 0.493 e. The van der Waals surface area contributed by atoms with Gasteiger partial charge >= 0.3 is 10.1 Å². The predicted molar refractivity (Wildman–Crippen MR) is 147 cm³/mol. The van der Waals surface area contributed by atoms with E-state index in [1.807, 2.05) is 0 Å². The first-order chi connectivity index (χ1) is 19.4. The van der Waals surface area contributed by atoms with Gasteiger partial charge in [0.25, 0.3) is 0 Å². The van der Waals surface area contributed by atoms with Gasteiger partial charge in [-0.15, -0.1) is 0 Å². The highest BCUT2D eigenvalue weighted by Gasteiger charge is 2.21. The Morgan fingerprint density at radius 3 is 2.27 bits per heavy atom. The number of morpholine rings is 1. The third kappa shape index (κ3) is 6.74. The van der Waals surface area contributed by atoms with Crippen LogP contribution in [-0.2, 0) is 14.9 Å². The molecule has 0 radical (unpaired) electrons. The van der Waals surface area contributed by atoms with E-state index in [2.05, 4.69) is 30.3 Å². The molecule has 3 heterocycles. The summed E-state index contributed by atoms with van der Waals surface area (Å²) in [6.07, 6.45) is 4.90. The minimum absolute atomic E-state index is 0.0178. The SMILES string of the molecule is COc1cc(/C=N/Nc2nc(N3CCCCC3)nc(N3CCOCC3)n2)ccc1OS(=O)(=O)c1ccc(F)cc1. The van der Waals surface area contributed by atoms with Gasteiger partial charge in [0.15, 0.2) is 11.5 Å². The minimum Gasteiger partial charge on any atom is -0.493 e. The maximum absolute atomic E-state index is 13.2. The predicted octanol–water partition coefficient (Wildman–Crippen LogP) is 3.06. The molecule has 3 aromatic rings. The van der Waals surface area contributed by atoms with Gasteiger partial charge in [0.2, 0.25) is 17.8 Å². The molecule has 1 aromatic heterocycles. The average Bonchev–Trinajstić information content (AvgIpc) is 2.98. The van der Waals surface area contributed by atoms with Crippen molar-refractivity contribution in [3.8, 4) is 11.5 Å². The molecule has 14 heteroatoms. The van der Waals surface area contributed by atoms with Crippen LogP contribution in [0.1, 0.15) is 24.8 Å². The summed E-state index contributed by atoms with van der Waals surface area (Å²) in [5.74, 6) is 1.10. The molecular formula is C26H30FN7O5S. The number of ether oxygens (including phenoxy) is 2. The van der Waals surface area contributed by atoms with Crippen LogP contribution in [0.25, 0.3) is 0 Å². The minimum atomic E-state index is -4.19. The molecule has 0 spiro atoms. The van der Waals surface area contributed by atoms with E-state index >= 15 is 0 Å². The van der Waals surface area contributed by atoms with E-state index in [4.69, 9.17) is 18.6 Å². The summed E-state index contributed by atoms with van der Waals surface area (Å²) >= 11 is 0. The summed E-state index contributed by atoms with van der Waals surface area (Å²) in [7, 11) is -2.79. The zero-order valence-corrected chi connectivity index (χ0v) is 22.8. The van der Waals surface area contributed by atoms with Crippen LogP contribution >= 0.6 is 0 Å². The Morgan fingerprint density at radius 2 is 1.60 bits per heavy atom. The number of aromatic nitrogens is 3. The lowest BCUT2D eigenvalue weighted by Crippen LogP contribution is -2.38. The van der Waals surface area contributed by atoms with Crippen molar-refractivity contribution in [3.63, 3.8) is 0 Å². The van der Waals surface area contributed by atoms with Crippen LogP contribution in [-0.4, -0.2) is 76.1 Å². The number of anilines is 3. The number of nitrogens with one attached hydrogen (secondary N) is 1. The van der Waals surface area contributed by atoms with Crippen molar-refractivity contribution < 1.29 is 26.5 Å². The number of methoxy groups -OCH3 is 1. The van der Waals surface area contributed by atoms with Crippen LogP contribution < -0.4 is 24.1 Å². The average molecular weight is 572 g/mol. The maximum Gasteiger partial charge on any atom is 0.339 e. The standard InChI is InChI=1S/C26H30FN7O5S/c1-37-23-17-19(5-10-22(23)39-40(35,36)21-8-6-20(27)7-9-21)18-28-32-24-29-25(33-11-3-2-4-12-33)31-26(30-24)34-13-15-38-16-14-34/h5-10,17-18H,2-4,11-16H2,1H3,(H,29,30,31,32)/b28-18+. The first kappa shape index (κ1) is 27.5. The third-order valence-electron chi connectivity index (χ3n) is 6.41. The number of benzene rings is 2. The summed E-state index contributed by atoms with van der Waals surface area (Å²) < 4.78 is 54.4. The summed E-state index contributed by atoms with van der Waals surface area (Å²) in [6.45, 7) is 4.38. The van der Waals surface area contributed by atoms with E-state index in [1.165, 1.54) is 25.8 Å². The highest BCUT2D eigenvalue weighted by Crippen LogP contribution is 2.30. The second-order valence-corrected chi connectivity index (χ2v) is 10.7. The van der Waals surface area contributed by atoms with Gasteiger partial charge in [-0.1, -0.05) is 0 Å². The van der Waals surface area contributed by atoms with Gasteiger partial charge in [0, 0.05) is 26.2 Å². The van der Waals surface area contributed by atoms with Gasteiger partial charge in [-0.3, -0.25) is 0 Å². The Hall–Kier alpha value is -4.04. The molecule has 1 N–H and O–H groups in total. The molecule has 2 fully saturated rings. The maximum atomic E-state index is 13.2. The fourth-order valence-electron chi connectivity index (χ4n) is 4.31. The molecule has 5 rings (SSSR count). The Morgan fingerprint density at radius 1 is 0.925 bits per heavy atom. The number of halogens is 1. The number of rotatable bonds is 9. The van der Waals surface area contributed by atoms with Gasteiger partial charge in [-0.25, -0.2) is 9.82 Å². The quantitative estimate of drug-likeness (QED) is 0.231. The molecule has 40 heavy (non-hydrogen) atoms. The molecule has 0 unspecified atom stereocenters. The zero-order chi connectivity index (χ0) is 28.0. The van der Waals surface area contributed by atoms with E-state index in [-0.39, 0.29) is 16.4 Å². The molecule has 0 aliphatic carbocycles. The van der Waals surface area contributed by atoms with E-state index in [0.29, 0.717) is 49.7 Å². The monoisotopic (exact) mass is 571 g/mol. The number of hydrogen-bond acceptors (Lipinski definition) is 12. The van der Waals surface area contributed by atoms with Crippen molar-refractivity contribution in [2.75, 3.05) is 61.7 Å². The molecule has 2 aromatic carbocycles. The Bertz CT molecular complexity index is 1410. The van der Waals surface area contributed by atoms with E-state index < -0.39 is 15.9 Å². The third-order valence-corrected chi connectivity index (χ3v) is 7.66. The van der Waals surface area contributed by atoms with Crippen LogP contribution in [0.5, 0.6) is 11.5 Å². The topological polar surface area (TPSA) is 131 Å². The Balaban J connectivity index is 1.32. The summed E-state index contributed by atoms with van der Waals surface area (Å²) in [4.78, 5) is 17.9. The van der Waals surface area contributed by atoms with Crippen LogP contribution in [0.4, 0.5) is 22.2 Å². The highest BCUT2D eigenvalue weighted by molar-refractivity contribution is 7.87. The van der Waals surface area contributed by atoms with Crippen molar-refractivity contribution in [2.24, 2.45) is 5.10 Å². The molecule has 2 saturated heterocycles. The van der Waals surface area contributed by atoms with E-state index in [1.54, 1.807) is 12.1 Å². The fourth-order valence-corrected chi connectivity index (χ4v) is 5.25. The second-order valence-electron chi connectivity index (χ2n) is 9.18. The fraction of sp³-hybridized carbons (Fsp3) is 0.385. The van der Waals surface area contributed by atoms with Crippen LogP contribution in [0.15, 0.2) is 52.5 Å². The van der Waals surface area contributed by atoms with Gasteiger partial charge in [0.05, 0.1) is 26.5 Å². The molecule has 212 valence electrons. The number of hydrogen-bond donors (Lipinski definition) is 1. The Labute approximate surface area is 231 Å². The van der Waals surface area contributed by atoms with E-state index in [9.17, 15) is 12.8 Å². The Kier molecular flexibility index (Phi) is 8.55. The molecule has 2 aliphatic rings. The molecular weight excluding hydrogens is 541 g/mol. The van der Waals surface area contributed by atoms with Crippen LogP contribution in [0.2, 0.25) is 0 Å². The number of hydrazone groups is 1. The van der Waals surface area contributed by atoms with Gasteiger partial charge in [-0.05, 0) is 67.3 Å². The van der Waals surface area contributed by atoms with Crippen molar-refractivity contribution in [3.05, 3.63) is 53.8 Å². The van der Waals surface area contributed by atoms with Crippen LogP contribution in [0.3, 0.4) is 0 Å². The van der Waals surface area contributed by atoms with E-state index in [0.717, 1.165) is 50.2 Å². The van der Waals surface area contributed by atoms with Gasteiger partial charge < -0.3 is 23.5 Å². The summed E-state index contributed by atoms with van der Waals surface area (Å²) in [5.41, 5.74) is 3.50. The number of piperidine rings is 1. The molecule has 0 amide bonds. The van der Waals surface area contributed by atoms with Crippen molar-refractivity contribution >= 4 is 34.2 Å². The molecule has 0 saturated carbocycles. The highest BCUT2D eigenvalue weighted by atomic mass is 32.2. The van der Waals surface area contributed by atoms with Gasteiger partial charge in [0.1, 0.15) is 10.7 Å². The molecule has 0 bridgehead atoms. The van der Waals surface area contributed by atoms with Crippen molar-refractivity contribution in [1.29, 1.82) is 0 Å². The van der Waals surface area contributed by atoms with Crippen LogP contribution in [0, 0.1) is 5.82 Å². The lowest BCUT2D eigenvalue weighted by molar-refractivity contribution is 0.122. The summed E-state index contributed by atoms with van der Waals surface area (Å²) in [6, 6.07) is 9.01. The lowest BCUT2D eigenvalue weighted by Gasteiger charge is -2.30. The molecule has 12 nitrogen and oxygen atoms in total. The van der Waals surface area contributed by atoms with Crippen molar-refractivity contribution in [2.45, 2.75) is 24.2 Å². The normalized spacial score (nSPS) is 16.2. The molecule has 2 aliphatic heterocycles. The van der Waals surface area contributed by atoms with Gasteiger partial charge in [-0.2, -0.15) is 28.5 Å². The lowest BCUT2D eigenvalue weighted by atomic mass is 10.1. The van der Waals surface area contributed by atoms with Crippen molar-refractivity contribution in [1.82, 2.24) is 15.0 Å². The molecule has 0 atom stereocenters. The second kappa shape index (κ2) is 12.4. The summed E-state index contributed by atoms with van der Waals surface area (Å²) in [5, 5.41) is 4.28. The smallest absolute Gasteiger partial charge is 0.339 e.